The lowest BCUT2D eigenvalue weighted by atomic mass is 9.97. The standard InChI is InChI=1S/C28H37FO/c1-3-5-7-9-10-11-13-22-14-16-26-25-17-15-24(30-18-12-8-6-4-2)20-23(25)21-28(29)27(26)19-22/h14-17,19-21H,3-13,18H2,1-2H3. The molecule has 3 aromatic rings. The van der Waals surface area contributed by atoms with Gasteiger partial charge in [-0.1, -0.05) is 83.4 Å². The molecule has 0 aromatic heterocycles. The van der Waals surface area contributed by atoms with Crippen molar-refractivity contribution in [1.82, 2.24) is 0 Å². The molecule has 0 aliphatic rings. The molecule has 3 rings (SSSR count). The van der Waals surface area contributed by atoms with Gasteiger partial charge in [0.1, 0.15) is 11.6 Å². The third-order valence-electron chi connectivity index (χ3n) is 6.02. The van der Waals surface area contributed by atoms with Crippen LogP contribution < -0.4 is 4.74 Å². The Morgan fingerprint density at radius 1 is 0.667 bits per heavy atom. The molecule has 30 heavy (non-hydrogen) atoms. The Hall–Kier alpha value is -2.09. The molecule has 0 aliphatic carbocycles. The van der Waals surface area contributed by atoms with Gasteiger partial charge in [0.2, 0.25) is 0 Å². The largest absolute Gasteiger partial charge is 0.494 e. The van der Waals surface area contributed by atoms with Crippen molar-refractivity contribution < 1.29 is 9.13 Å². The van der Waals surface area contributed by atoms with E-state index in [0.717, 1.165) is 46.7 Å². The van der Waals surface area contributed by atoms with Gasteiger partial charge in [0.15, 0.2) is 0 Å². The van der Waals surface area contributed by atoms with E-state index in [9.17, 15) is 4.39 Å². The summed E-state index contributed by atoms with van der Waals surface area (Å²) < 4.78 is 20.8. The summed E-state index contributed by atoms with van der Waals surface area (Å²) in [5.41, 5.74) is 1.24. The van der Waals surface area contributed by atoms with E-state index in [0.29, 0.717) is 0 Å². The SMILES string of the molecule is CCCCCCCCc1ccc2c(c1)c(F)cc1cc(OCCCCCC)ccc12. The van der Waals surface area contributed by atoms with E-state index < -0.39 is 0 Å². The predicted molar refractivity (Wildman–Crippen MR) is 128 cm³/mol. The second-order valence-electron chi connectivity index (χ2n) is 8.55. The molecule has 0 saturated carbocycles. The Labute approximate surface area is 181 Å². The number of rotatable bonds is 13. The molecule has 3 aromatic carbocycles. The Balaban J connectivity index is 1.68. The fourth-order valence-electron chi connectivity index (χ4n) is 4.22. The molecule has 0 atom stereocenters. The lowest BCUT2D eigenvalue weighted by molar-refractivity contribution is 0.305. The van der Waals surface area contributed by atoms with Crippen molar-refractivity contribution in [2.24, 2.45) is 0 Å². The van der Waals surface area contributed by atoms with E-state index in [2.05, 4.69) is 32.0 Å². The second-order valence-corrected chi connectivity index (χ2v) is 8.55. The summed E-state index contributed by atoms with van der Waals surface area (Å²) in [4.78, 5) is 0. The van der Waals surface area contributed by atoms with Gasteiger partial charge in [0.25, 0.3) is 0 Å². The van der Waals surface area contributed by atoms with E-state index >= 15 is 0 Å². The molecular weight excluding hydrogens is 371 g/mol. The van der Waals surface area contributed by atoms with E-state index in [-0.39, 0.29) is 5.82 Å². The van der Waals surface area contributed by atoms with Crippen LogP contribution in [0.1, 0.15) is 83.6 Å². The molecule has 0 aliphatic heterocycles. The van der Waals surface area contributed by atoms with Crippen LogP contribution in [0.4, 0.5) is 4.39 Å². The Morgan fingerprint density at radius 2 is 1.37 bits per heavy atom. The van der Waals surface area contributed by atoms with Gasteiger partial charge in [-0.05, 0) is 65.3 Å². The maximum atomic E-state index is 14.9. The first-order valence-electron chi connectivity index (χ1n) is 12.0. The number of ether oxygens (including phenoxy) is 1. The predicted octanol–water partition coefficient (Wildman–Crippen LogP) is 8.99. The summed E-state index contributed by atoms with van der Waals surface area (Å²) in [6, 6.07) is 14.0. The molecule has 0 bridgehead atoms. The van der Waals surface area contributed by atoms with Crippen LogP contribution in [-0.2, 0) is 6.42 Å². The van der Waals surface area contributed by atoms with Gasteiger partial charge in [-0.3, -0.25) is 0 Å². The minimum absolute atomic E-state index is 0.137. The van der Waals surface area contributed by atoms with Gasteiger partial charge < -0.3 is 4.74 Å². The first-order valence-corrected chi connectivity index (χ1v) is 12.0. The van der Waals surface area contributed by atoms with Gasteiger partial charge in [-0.25, -0.2) is 4.39 Å². The topological polar surface area (TPSA) is 9.23 Å². The molecule has 0 radical (unpaired) electrons. The van der Waals surface area contributed by atoms with E-state index in [1.807, 2.05) is 18.2 Å². The first-order chi connectivity index (χ1) is 14.7. The zero-order chi connectivity index (χ0) is 21.2. The van der Waals surface area contributed by atoms with Crippen molar-refractivity contribution in [2.45, 2.75) is 84.5 Å². The van der Waals surface area contributed by atoms with Crippen LogP contribution in [0, 0.1) is 5.82 Å². The Morgan fingerprint density at radius 3 is 2.17 bits per heavy atom. The number of hydrogen-bond donors (Lipinski definition) is 0. The van der Waals surface area contributed by atoms with Crippen LogP contribution in [0.25, 0.3) is 21.5 Å². The summed E-state index contributed by atoms with van der Waals surface area (Å²) in [5, 5.41) is 3.73. The molecule has 162 valence electrons. The monoisotopic (exact) mass is 408 g/mol. The lowest BCUT2D eigenvalue weighted by Crippen LogP contribution is -1.97. The molecule has 0 unspecified atom stereocenters. The highest BCUT2D eigenvalue weighted by Crippen LogP contribution is 2.31. The minimum atomic E-state index is -0.137. The van der Waals surface area contributed by atoms with Crippen molar-refractivity contribution in [3.8, 4) is 5.75 Å². The number of aryl methyl sites for hydroxylation is 1. The van der Waals surface area contributed by atoms with Gasteiger partial charge >= 0.3 is 0 Å². The maximum absolute atomic E-state index is 14.9. The van der Waals surface area contributed by atoms with Crippen LogP contribution in [0.15, 0.2) is 42.5 Å². The number of fused-ring (bicyclic) bond motifs is 3. The number of benzene rings is 3. The van der Waals surface area contributed by atoms with Crippen molar-refractivity contribution >= 4 is 21.5 Å². The van der Waals surface area contributed by atoms with E-state index in [1.54, 1.807) is 6.07 Å². The minimum Gasteiger partial charge on any atom is -0.494 e. The van der Waals surface area contributed by atoms with Gasteiger partial charge in [-0.15, -0.1) is 0 Å². The van der Waals surface area contributed by atoms with Crippen molar-refractivity contribution in [2.75, 3.05) is 6.61 Å². The van der Waals surface area contributed by atoms with E-state index in [4.69, 9.17) is 4.74 Å². The molecule has 0 saturated heterocycles. The molecule has 2 heteroatoms. The molecule has 1 nitrogen and oxygen atoms in total. The van der Waals surface area contributed by atoms with Gasteiger partial charge in [0, 0.05) is 5.39 Å². The Bertz CT molecular complexity index is 931. The number of unbranched alkanes of at least 4 members (excludes halogenated alkanes) is 8. The molecule has 0 amide bonds. The van der Waals surface area contributed by atoms with Crippen molar-refractivity contribution in [3.63, 3.8) is 0 Å². The molecule has 0 heterocycles. The lowest BCUT2D eigenvalue weighted by Gasteiger charge is -2.11. The van der Waals surface area contributed by atoms with Crippen LogP contribution in [-0.4, -0.2) is 6.61 Å². The van der Waals surface area contributed by atoms with Crippen LogP contribution in [0.2, 0.25) is 0 Å². The normalized spacial score (nSPS) is 11.4. The van der Waals surface area contributed by atoms with E-state index in [1.165, 1.54) is 63.4 Å². The average molecular weight is 409 g/mol. The van der Waals surface area contributed by atoms with Crippen molar-refractivity contribution in [1.29, 1.82) is 0 Å². The summed E-state index contributed by atoms with van der Waals surface area (Å²) in [5.74, 6) is 0.694. The summed E-state index contributed by atoms with van der Waals surface area (Å²) in [7, 11) is 0. The third kappa shape index (κ3) is 6.20. The van der Waals surface area contributed by atoms with Crippen molar-refractivity contribution in [3.05, 3.63) is 53.8 Å². The molecular formula is C28H37FO. The summed E-state index contributed by atoms with van der Waals surface area (Å²) in [6.07, 6.45) is 13.5. The summed E-state index contributed by atoms with van der Waals surface area (Å²) >= 11 is 0. The number of halogens is 1. The zero-order valence-electron chi connectivity index (χ0n) is 18.8. The second kappa shape index (κ2) is 11.9. The smallest absolute Gasteiger partial charge is 0.131 e. The third-order valence-corrected chi connectivity index (χ3v) is 6.02. The molecule has 0 N–H and O–H groups in total. The highest BCUT2D eigenvalue weighted by molar-refractivity contribution is 6.08. The van der Waals surface area contributed by atoms with Crippen LogP contribution in [0.5, 0.6) is 5.75 Å². The quantitative estimate of drug-likeness (QED) is 0.202. The zero-order valence-corrected chi connectivity index (χ0v) is 18.8. The molecule has 0 spiro atoms. The van der Waals surface area contributed by atoms with Crippen LogP contribution >= 0.6 is 0 Å². The highest BCUT2D eigenvalue weighted by Gasteiger charge is 2.09. The fraction of sp³-hybridized carbons (Fsp3) is 0.500. The summed E-state index contributed by atoms with van der Waals surface area (Å²) in [6.45, 7) is 5.18. The van der Waals surface area contributed by atoms with Gasteiger partial charge in [0.05, 0.1) is 6.61 Å². The number of hydrogen-bond acceptors (Lipinski definition) is 1. The Kier molecular flexibility index (Phi) is 8.99. The highest BCUT2D eigenvalue weighted by atomic mass is 19.1. The first kappa shape index (κ1) is 22.6. The maximum Gasteiger partial charge on any atom is 0.131 e. The molecule has 0 fully saturated rings. The fourth-order valence-corrected chi connectivity index (χ4v) is 4.22. The van der Waals surface area contributed by atoms with Gasteiger partial charge in [-0.2, -0.15) is 0 Å². The van der Waals surface area contributed by atoms with Crippen LogP contribution in [0.3, 0.4) is 0 Å². The average Bonchev–Trinajstić information content (AvgIpc) is 2.76.